The molecule has 0 aromatic carbocycles. The van der Waals surface area contributed by atoms with Gasteiger partial charge in [0.05, 0.1) is 13.1 Å². The van der Waals surface area contributed by atoms with Gasteiger partial charge in [-0.1, -0.05) is 6.42 Å². The number of carboxylic acid groups (broad SMARTS) is 1. The van der Waals surface area contributed by atoms with E-state index in [1.54, 1.807) is 0 Å². The van der Waals surface area contributed by atoms with Crippen molar-refractivity contribution in [3.05, 3.63) is 11.6 Å². The average Bonchev–Trinajstić information content (AvgIpc) is 3.14. The first-order valence-corrected chi connectivity index (χ1v) is 7.97. The first kappa shape index (κ1) is 13.2. The number of aryl methyl sites for hydroxylation is 1. The zero-order valence-corrected chi connectivity index (χ0v) is 12.4. The van der Waals surface area contributed by atoms with E-state index in [2.05, 4.69) is 15.1 Å². The van der Waals surface area contributed by atoms with E-state index in [0.717, 1.165) is 30.0 Å². The summed E-state index contributed by atoms with van der Waals surface area (Å²) < 4.78 is 1.95. The molecule has 2 heterocycles. The van der Waals surface area contributed by atoms with E-state index < -0.39 is 12.0 Å². The number of hydrogen-bond acceptors (Lipinski definition) is 4. The van der Waals surface area contributed by atoms with Crippen LogP contribution in [0.25, 0.3) is 0 Å². The van der Waals surface area contributed by atoms with Gasteiger partial charge in [-0.3, -0.25) is 9.69 Å². The van der Waals surface area contributed by atoms with Gasteiger partial charge in [-0.25, -0.2) is 0 Å². The molecule has 0 radical (unpaired) electrons. The van der Waals surface area contributed by atoms with Crippen LogP contribution < -0.4 is 0 Å². The SMILES string of the molecule is Cc1nnc2n1CC(C(=O)O)N(CC1CC3CCC1C3)C2. The summed E-state index contributed by atoms with van der Waals surface area (Å²) in [7, 11) is 0. The number of carbonyl (C=O) groups is 1. The highest BCUT2D eigenvalue weighted by molar-refractivity contribution is 5.73. The third-order valence-electron chi connectivity index (χ3n) is 5.79. The average molecular weight is 290 g/mol. The lowest BCUT2D eigenvalue weighted by Gasteiger charge is -2.36. The zero-order valence-electron chi connectivity index (χ0n) is 12.4. The van der Waals surface area contributed by atoms with Crippen molar-refractivity contribution >= 4 is 5.97 Å². The highest BCUT2D eigenvalue weighted by atomic mass is 16.4. The molecule has 2 bridgehead atoms. The maximum Gasteiger partial charge on any atom is 0.322 e. The van der Waals surface area contributed by atoms with Crippen LogP contribution >= 0.6 is 0 Å². The molecule has 1 aromatic heterocycles. The van der Waals surface area contributed by atoms with Gasteiger partial charge in [-0.15, -0.1) is 10.2 Å². The lowest BCUT2D eigenvalue weighted by atomic mass is 9.88. The Labute approximate surface area is 124 Å². The molecule has 21 heavy (non-hydrogen) atoms. The monoisotopic (exact) mass is 290 g/mol. The number of rotatable bonds is 3. The van der Waals surface area contributed by atoms with E-state index in [4.69, 9.17) is 0 Å². The van der Waals surface area contributed by atoms with E-state index in [1.807, 2.05) is 11.5 Å². The van der Waals surface area contributed by atoms with E-state index in [1.165, 1.54) is 25.7 Å². The Morgan fingerprint density at radius 2 is 2.19 bits per heavy atom. The van der Waals surface area contributed by atoms with E-state index >= 15 is 0 Å². The van der Waals surface area contributed by atoms with Crippen LogP contribution in [0, 0.1) is 24.7 Å². The predicted octanol–water partition coefficient (Wildman–Crippen LogP) is 1.29. The largest absolute Gasteiger partial charge is 0.480 e. The Bertz CT molecular complexity index is 570. The summed E-state index contributed by atoms with van der Waals surface area (Å²) in [6, 6.07) is -0.439. The Hall–Kier alpha value is -1.43. The summed E-state index contributed by atoms with van der Waals surface area (Å²) in [6.45, 7) is 3.89. The van der Waals surface area contributed by atoms with Crippen molar-refractivity contribution in [2.24, 2.45) is 17.8 Å². The fraction of sp³-hybridized carbons (Fsp3) is 0.800. The van der Waals surface area contributed by atoms with Crippen LogP contribution in [0.5, 0.6) is 0 Å². The number of fused-ring (bicyclic) bond motifs is 3. The summed E-state index contributed by atoms with van der Waals surface area (Å²) in [4.78, 5) is 13.8. The van der Waals surface area contributed by atoms with Crippen molar-refractivity contribution in [3.63, 3.8) is 0 Å². The molecule has 0 spiro atoms. The van der Waals surface area contributed by atoms with Gasteiger partial charge in [0.2, 0.25) is 0 Å². The molecule has 6 nitrogen and oxygen atoms in total. The highest BCUT2D eigenvalue weighted by Crippen LogP contribution is 2.48. The summed E-state index contributed by atoms with van der Waals surface area (Å²) in [5.41, 5.74) is 0. The molecule has 4 atom stereocenters. The second-order valence-corrected chi connectivity index (χ2v) is 6.99. The minimum Gasteiger partial charge on any atom is -0.480 e. The van der Waals surface area contributed by atoms with Crippen molar-refractivity contribution in [2.75, 3.05) is 6.54 Å². The summed E-state index contributed by atoms with van der Waals surface area (Å²) >= 11 is 0. The zero-order chi connectivity index (χ0) is 14.6. The third kappa shape index (κ3) is 2.16. The minimum absolute atomic E-state index is 0.439. The van der Waals surface area contributed by atoms with E-state index in [-0.39, 0.29) is 0 Å². The smallest absolute Gasteiger partial charge is 0.322 e. The third-order valence-corrected chi connectivity index (χ3v) is 5.79. The van der Waals surface area contributed by atoms with Crippen molar-refractivity contribution in [1.29, 1.82) is 0 Å². The van der Waals surface area contributed by atoms with Crippen LogP contribution in [0.1, 0.15) is 37.3 Å². The van der Waals surface area contributed by atoms with Gasteiger partial charge in [0.25, 0.3) is 0 Å². The minimum atomic E-state index is -0.725. The van der Waals surface area contributed by atoms with Gasteiger partial charge in [-0.2, -0.15) is 0 Å². The molecule has 1 N–H and O–H groups in total. The number of carboxylic acids is 1. The standard InChI is InChI=1S/C15H22N4O2/c1-9-16-17-14-8-18(13(15(20)21)7-19(9)14)6-12-5-10-2-3-11(12)4-10/h10-13H,2-8H2,1H3,(H,20,21). The fourth-order valence-electron chi connectivity index (χ4n) is 4.69. The maximum absolute atomic E-state index is 11.6. The molecule has 2 aliphatic carbocycles. The molecule has 114 valence electrons. The van der Waals surface area contributed by atoms with Crippen molar-refractivity contribution in [1.82, 2.24) is 19.7 Å². The van der Waals surface area contributed by atoms with Crippen LogP contribution in [0.4, 0.5) is 0 Å². The second-order valence-electron chi connectivity index (χ2n) is 6.99. The van der Waals surface area contributed by atoms with E-state index in [0.29, 0.717) is 19.0 Å². The van der Waals surface area contributed by atoms with Crippen molar-refractivity contribution < 1.29 is 9.90 Å². The maximum atomic E-state index is 11.6. The van der Waals surface area contributed by atoms with Gasteiger partial charge in [0.1, 0.15) is 17.7 Å². The molecule has 4 rings (SSSR count). The molecule has 6 heteroatoms. The van der Waals surface area contributed by atoms with E-state index in [9.17, 15) is 9.90 Å². The van der Waals surface area contributed by atoms with Gasteiger partial charge in [-0.05, 0) is 43.9 Å². The van der Waals surface area contributed by atoms with Crippen LogP contribution in [0.15, 0.2) is 0 Å². The molecule has 3 aliphatic rings. The highest BCUT2D eigenvalue weighted by Gasteiger charge is 2.42. The number of aliphatic carboxylic acids is 1. The molecule has 4 unspecified atom stereocenters. The molecular formula is C15H22N4O2. The second kappa shape index (κ2) is 4.80. The quantitative estimate of drug-likeness (QED) is 0.908. The lowest BCUT2D eigenvalue weighted by Crippen LogP contribution is -2.50. The van der Waals surface area contributed by atoms with Gasteiger partial charge in [0.15, 0.2) is 0 Å². The van der Waals surface area contributed by atoms with Gasteiger partial charge in [0, 0.05) is 6.54 Å². The Morgan fingerprint density at radius 3 is 2.86 bits per heavy atom. The first-order valence-electron chi connectivity index (χ1n) is 7.97. The number of nitrogens with zero attached hydrogens (tertiary/aromatic N) is 4. The van der Waals surface area contributed by atoms with Crippen LogP contribution in [0.3, 0.4) is 0 Å². The molecule has 1 aliphatic heterocycles. The number of hydrogen-bond donors (Lipinski definition) is 1. The molecule has 2 saturated carbocycles. The number of aromatic nitrogens is 3. The van der Waals surface area contributed by atoms with Gasteiger partial charge < -0.3 is 9.67 Å². The van der Waals surface area contributed by atoms with Crippen LogP contribution in [0.2, 0.25) is 0 Å². The molecule has 0 amide bonds. The summed E-state index contributed by atoms with van der Waals surface area (Å²) in [5.74, 6) is 3.41. The predicted molar refractivity (Wildman–Crippen MR) is 75.5 cm³/mol. The molecule has 0 saturated heterocycles. The first-order chi connectivity index (χ1) is 10.1. The molecule has 2 fully saturated rings. The van der Waals surface area contributed by atoms with Crippen molar-refractivity contribution in [2.45, 2.75) is 51.7 Å². The normalized spacial score (nSPS) is 35.1. The fourth-order valence-corrected chi connectivity index (χ4v) is 4.69. The van der Waals surface area contributed by atoms with Gasteiger partial charge >= 0.3 is 5.97 Å². The summed E-state index contributed by atoms with van der Waals surface area (Å²) in [6.07, 6.45) is 5.39. The molecular weight excluding hydrogens is 268 g/mol. The lowest BCUT2D eigenvalue weighted by molar-refractivity contribution is -0.145. The van der Waals surface area contributed by atoms with Crippen LogP contribution in [-0.4, -0.2) is 43.3 Å². The Balaban J connectivity index is 1.54. The topological polar surface area (TPSA) is 71.2 Å². The Kier molecular flexibility index (Phi) is 3.03. The van der Waals surface area contributed by atoms with Crippen molar-refractivity contribution in [3.8, 4) is 0 Å². The van der Waals surface area contributed by atoms with Crippen LogP contribution in [-0.2, 0) is 17.9 Å². The summed E-state index contributed by atoms with van der Waals surface area (Å²) in [5, 5.41) is 17.9. The Morgan fingerprint density at radius 1 is 1.33 bits per heavy atom. The molecule has 1 aromatic rings.